The van der Waals surface area contributed by atoms with Crippen molar-refractivity contribution in [1.29, 1.82) is 0 Å². The van der Waals surface area contributed by atoms with Gasteiger partial charge in [0.25, 0.3) is 5.91 Å². The lowest BCUT2D eigenvalue weighted by atomic mass is 9.98. The first-order valence-corrected chi connectivity index (χ1v) is 16.7. The molecule has 0 aliphatic heterocycles. The summed E-state index contributed by atoms with van der Waals surface area (Å²) in [6, 6.07) is 13.1. The van der Waals surface area contributed by atoms with Crippen LogP contribution in [0.2, 0.25) is 0 Å². The van der Waals surface area contributed by atoms with Gasteiger partial charge < -0.3 is 21.7 Å². The number of carbonyl (C=O) groups is 2. The lowest BCUT2D eigenvalue weighted by Gasteiger charge is -2.16. The highest BCUT2D eigenvalue weighted by atomic mass is 19.1. The molecule has 11 heteroatoms. The molecule has 0 bridgehead atoms. The van der Waals surface area contributed by atoms with Gasteiger partial charge >= 0.3 is 0 Å². The third-order valence-corrected chi connectivity index (χ3v) is 7.58. The summed E-state index contributed by atoms with van der Waals surface area (Å²) in [5.41, 5.74) is 10.1. The number of rotatable bonds is 11. The van der Waals surface area contributed by atoms with E-state index in [2.05, 4.69) is 63.2 Å². The second kappa shape index (κ2) is 22.6. The molecule has 0 unspecified atom stereocenters. The number of carbonyl (C=O) groups excluding carboxylic acids is 2. The highest BCUT2D eigenvalue weighted by molar-refractivity contribution is 6.23. The SMILES string of the molecule is C=Cc1ccccc1CNC(=O)C=O.CCCC.CNC1(c2cc(F)cc(/C(C=NC3CC3)=C/N)c2)CC1.CNCC#Cc1ncc(F)cn1. The normalized spacial score (nSPS) is 13.8. The van der Waals surface area contributed by atoms with E-state index in [0.29, 0.717) is 25.0 Å². The van der Waals surface area contributed by atoms with Crippen molar-refractivity contribution >= 4 is 30.1 Å². The summed E-state index contributed by atoms with van der Waals surface area (Å²) >= 11 is 0. The van der Waals surface area contributed by atoms with Gasteiger partial charge in [0.05, 0.1) is 25.0 Å². The average molecular weight is 686 g/mol. The average Bonchev–Trinajstić information content (AvgIpc) is 4.09. The van der Waals surface area contributed by atoms with E-state index in [1.165, 1.54) is 25.1 Å². The topological polar surface area (TPSA) is 134 Å². The molecule has 2 aliphatic rings. The monoisotopic (exact) mass is 685 g/mol. The van der Waals surface area contributed by atoms with Gasteiger partial charge in [-0.05, 0) is 86.2 Å². The number of nitrogens with zero attached hydrogens (tertiary/aromatic N) is 3. The highest BCUT2D eigenvalue weighted by Gasteiger charge is 2.43. The van der Waals surface area contributed by atoms with Crippen LogP contribution in [0.5, 0.6) is 0 Å². The van der Waals surface area contributed by atoms with Crippen LogP contribution in [0, 0.1) is 23.5 Å². The lowest BCUT2D eigenvalue weighted by Crippen LogP contribution is -2.24. The van der Waals surface area contributed by atoms with Gasteiger partial charge in [-0.2, -0.15) is 0 Å². The van der Waals surface area contributed by atoms with Crippen LogP contribution in [0.3, 0.4) is 0 Å². The number of nitrogens with two attached hydrogens (primary N) is 1. The number of halogens is 2. The third kappa shape index (κ3) is 15.0. The second-order valence-electron chi connectivity index (χ2n) is 11.5. The molecule has 3 aromatic rings. The Balaban J connectivity index is 0.000000256. The lowest BCUT2D eigenvalue weighted by molar-refractivity contribution is -0.131. The van der Waals surface area contributed by atoms with Gasteiger partial charge in [-0.1, -0.05) is 69.5 Å². The van der Waals surface area contributed by atoms with E-state index < -0.39 is 11.7 Å². The quantitative estimate of drug-likeness (QED) is 0.0880. The van der Waals surface area contributed by atoms with E-state index in [1.807, 2.05) is 37.4 Å². The van der Waals surface area contributed by atoms with Crippen LogP contribution in [0.4, 0.5) is 8.78 Å². The van der Waals surface area contributed by atoms with Crippen LogP contribution >= 0.6 is 0 Å². The van der Waals surface area contributed by atoms with Crippen LogP contribution in [-0.4, -0.2) is 55.1 Å². The van der Waals surface area contributed by atoms with Crippen LogP contribution in [0.25, 0.3) is 11.6 Å². The summed E-state index contributed by atoms with van der Waals surface area (Å²) in [6.07, 6.45) is 14.5. The summed E-state index contributed by atoms with van der Waals surface area (Å²) < 4.78 is 26.2. The summed E-state index contributed by atoms with van der Waals surface area (Å²) in [4.78, 5) is 32.5. The van der Waals surface area contributed by atoms with Crippen molar-refractivity contribution in [3.8, 4) is 11.8 Å². The van der Waals surface area contributed by atoms with E-state index in [9.17, 15) is 18.4 Å². The molecule has 2 saturated carbocycles. The standard InChI is InChI=1S/C16H20FN3.C11H11NO2.C8H8FN3.C4H10/c1-19-16(4-5-16)13-6-11(7-14(17)8-13)12(9-18)10-20-15-2-3-15;1-2-9-5-3-4-6-10(9)7-12-11(14)8-13;1-10-4-2-3-8-11-5-7(9)6-12-8;1-3-4-2/h6-10,15,19H,2-5,18H2,1H3;2-6,8H,1,7H2,(H,12,14);5-6,10H,4H2,1H3;3-4H2,1-2H3/b12-9+,20-10?;;;. The Bertz CT molecular complexity index is 1640. The zero-order valence-electron chi connectivity index (χ0n) is 29.4. The Morgan fingerprint density at radius 3 is 2.30 bits per heavy atom. The maximum absolute atomic E-state index is 13.9. The second-order valence-corrected chi connectivity index (χ2v) is 11.5. The summed E-state index contributed by atoms with van der Waals surface area (Å²) in [5.74, 6) is 4.49. The van der Waals surface area contributed by atoms with Gasteiger partial charge in [0, 0.05) is 30.1 Å². The molecule has 2 aromatic carbocycles. The zero-order valence-corrected chi connectivity index (χ0v) is 29.4. The molecule has 2 aliphatic carbocycles. The molecule has 1 heterocycles. The predicted molar refractivity (Wildman–Crippen MR) is 198 cm³/mol. The molecule has 2 fully saturated rings. The summed E-state index contributed by atoms with van der Waals surface area (Å²) in [7, 11) is 3.71. The van der Waals surface area contributed by atoms with Crippen molar-refractivity contribution in [3.05, 3.63) is 107 Å². The predicted octanol–water partition coefficient (Wildman–Crippen LogP) is 5.70. The molecule has 0 spiro atoms. The fraction of sp³-hybridized carbons (Fsp3) is 0.359. The van der Waals surface area contributed by atoms with Gasteiger partial charge in [0.15, 0.2) is 5.82 Å². The van der Waals surface area contributed by atoms with Gasteiger partial charge in [0.1, 0.15) is 5.82 Å². The van der Waals surface area contributed by atoms with Gasteiger partial charge in [-0.15, -0.1) is 0 Å². The molecular formula is C39H49F2N7O2. The zero-order chi connectivity index (χ0) is 36.8. The molecule has 1 amide bonds. The van der Waals surface area contributed by atoms with Crippen molar-refractivity contribution in [3.63, 3.8) is 0 Å². The molecule has 0 atom stereocenters. The van der Waals surface area contributed by atoms with E-state index >= 15 is 0 Å². The highest BCUT2D eigenvalue weighted by Crippen LogP contribution is 2.45. The fourth-order valence-electron chi connectivity index (χ4n) is 4.17. The van der Waals surface area contributed by atoms with E-state index in [-0.39, 0.29) is 17.6 Å². The number of hydrogen-bond donors (Lipinski definition) is 4. The Kier molecular flexibility index (Phi) is 18.6. The Labute approximate surface area is 295 Å². The number of nitrogens with one attached hydrogen (secondary N) is 3. The Morgan fingerprint density at radius 1 is 1.08 bits per heavy atom. The molecule has 0 saturated heterocycles. The molecule has 1 aromatic heterocycles. The van der Waals surface area contributed by atoms with Crippen LogP contribution in [0.15, 0.2) is 72.6 Å². The van der Waals surface area contributed by atoms with Crippen LogP contribution in [0.1, 0.15) is 80.5 Å². The maximum Gasteiger partial charge on any atom is 0.284 e. The summed E-state index contributed by atoms with van der Waals surface area (Å²) in [6.45, 7) is 8.93. The van der Waals surface area contributed by atoms with E-state index in [0.717, 1.165) is 65.9 Å². The first-order chi connectivity index (χ1) is 24.2. The Morgan fingerprint density at radius 2 is 1.76 bits per heavy atom. The van der Waals surface area contributed by atoms with Crippen LogP contribution in [-0.2, 0) is 21.7 Å². The van der Waals surface area contributed by atoms with Crippen LogP contribution < -0.4 is 21.7 Å². The minimum absolute atomic E-state index is 0.0514. The third-order valence-electron chi connectivity index (χ3n) is 7.58. The maximum atomic E-state index is 13.9. The number of hydrogen-bond acceptors (Lipinski definition) is 8. The van der Waals surface area contributed by atoms with Gasteiger partial charge in [0.2, 0.25) is 12.1 Å². The largest absolute Gasteiger partial charge is 0.404 e. The number of aldehydes is 1. The molecule has 9 nitrogen and oxygen atoms in total. The number of benzene rings is 2. The van der Waals surface area contributed by atoms with Gasteiger partial charge in [-0.3, -0.25) is 14.6 Å². The van der Waals surface area contributed by atoms with Crippen molar-refractivity contribution < 1.29 is 18.4 Å². The molecule has 266 valence electrons. The van der Waals surface area contributed by atoms with Crippen molar-refractivity contribution in [2.24, 2.45) is 10.7 Å². The molecule has 50 heavy (non-hydrogen) atoms. The molecular weight excluding hydrogens is 636 g/mol. The number of amides is 1. The molecule has 5 N–H and O–H groups in total. The summed E-state index contributed by atoms with van der Waals surface area (Å²) in [5, 5.41) is 8.60. The number of unbranched alkanes of at least 4 members (excludes halogenated alkanes) is 1. The van der Waals surface area contributed by atoms with Gasteiger partial charge in [-0.25, -0.2) is 18.7 Å². The minimum atomic E-state index is -0.608. The van der Waals surface area contributed by atoms with E-state index in [1.54, 1.807) is 25.4 Å². The first-order valence-electron chi connectivity index (χ1n) is 16.7. The molecule has 0 radical (unpaired) electrons. The number of aromatic nitrogens is 2. The molecule has 5 rings (SSSR count). The number of allylic oxidation sites excluding steroid dienone is 1. The van der Waals surface area contributed by atoms with Crippen molar-refractivity contribution in [1.82, 2.24) is 25.9 Å². The minimum Gasteiger partial charge on any atom is -0.404 e. The number of aliphatic imine (C=N–C) groups is 1. The fourth-order valence-corrected chi connectivity index (χ4v) is 4.17. The smallest absolute Gasteiger partial charge is 0.284 e. The first kappa shape index (κ1) is 41.1. The van der Waals surface area contributed by atoms with E-state index in [4.69, 9.17) is 5.73 Å². The van der Waals surface area contributed by atoms with Crippen molar-refractivity contribution in [2.45, 2.75) is 70.5 Å². The Hall–Kier alpha value is -5.05. The van der Waals surface area contributed by atoms with Crippen molar-refractivity contribution in [2.75, 3.05) is 20.6 Å².